The highest BCUT2D eigenvalue weighted by Crippen LogP contribution is 2.28. The van der Waals surface area contributed by atoms with E-state index in [1.165, 1.54) is 4.31 Å². The van der Waals surface area contributed by atoms with Crippen LogP contribution in [0.5, 0.6) is 0 Å². The monoisotopic (exact) mass is 414 g/mol. The van der Waals surface area contributed by atoms with Gasteiger partial charge in [0.2, 0.25) is 10.0 Å². The quantitative estimate of drug-likeness (QED) is 0.760. The third kappa shape index (κ3) is 5.18. The summed E-state index contributed by atoms with van der Waals surface area (Å²) in [5.41, 5.74) is 3.02. The standard InChI is InChI=1S/C23H30N2O3S/c1-17(2)15-21(19-9-5-4-6-10-19)24-23(26)20-12-11-18(3)22(16-20)25-13-7-8-14-29(25,27)28/h4-6,9-12,16-17,21H,7-8,13-15H2,1-3H3,(H,24,26)/t21-/m1/s1. The van der Waals surface area contributed by atoms with Crippen molar-refractivity contribution in [1.82, 2.24) is 5.32 Å². The van der Waals surface area contributed by atoms with Crippen molar-refractivity contribution in [3.05, 3.63) is 65.2 Å². The summed E-state index contributed by atoms with van der Waals surface area (Å²) in [6.07, 6.45) is 2.35. The van der Waals surface area contributed by atoms with Crippen LogP contribution in [0.15, 0.2) is 48.5 Å². The van der Waals surface area contributed by atoms with Crippen LogP contribution in [0.4, 0.5) is 5.69 Å². The molecule has 1 amide bonds. The SMILES string of the molecule is Cc1ccc(C(=O)N[C@H](CC(C)C)c2ccccc2)cc1N1CCCCS1(=O)=O. The number of rotatable bonds is 6. The van der Waals surface area contributed by atoms with E-state index in [1.54, 1.807) is 12.1 Å². The molecule has 1 fully saturated rings. The Bertz CT molecular complexity index is 955. The summed E-state index contributed by atoms with van der Waals surface area (Å²) in [6, 6.07) is 15.2. The molecular weight excluding hydrogens is 384 g/mol. The predicted octanol–water partition coefficient (Wildman–Crippen LogP) is 4.44. The maximum absolute atomic E-state index is 13.0. The molecule has 29 heavy (non-hydrogen) atoms. The third-order valence-electron chi connectivity index (χ3n) is 5.30. The zero-order chi connectivity index (χ0) is 21.0. The summed E-state index contributed by atoms with van der Waals surface area (Å²) in [5, 5.41) is 3.14. The van der Waals surface area contributed by atoms with Gasteiger partial charge in [0.05, 0.1) is 17.5 Å². The fraction of sp³-hybridized carbons (Fsp3) is 0.435. The number of amides is 1. The molecule has 3 rings (SSSR count). The van der Waals surface area contributed by atoms with Crippen molar-refractivity contribution >= 4 is 21.6 Å². The van der Waals surface area contributed by atoms with Crippen LogP contribution >= 0.6 is 0 Å². The van der Waals surface area contributed by atoms with Crippen LogP contribution in [-0.2, 0) is 10.0 Å². The van der Waals surface area contributed by atoms with Crippen LogP contribution < -0.4 is 9.62 Å². The van der Waals surface area contributed by atoms with Crippen molar-refractivity contribution in [3.8, 4) is 0 Å². The molecule has 0 bridgehead atoms. The first-order valence-electron chi connectivity index (χ1n) is 10.2. The van der Waals surface area contributed by atoms with Crippen LogP contribution in [0.3, 0.4) is 0 Å². The highest BCUT2D eigenvalue weighted by Gasteiger charge is 2.28. The lowest BCUT2D eigenvalue weighted by molar-refractivity contribution is 0.0932. The highest BCUT2D eigenvalue weighted by atomic mass is 32.2. The van der Waals surface area contributed by atoms with E-state index >= 15 is 0 Å². The van der Waals surface area contributed by atoms with Gasteiger partial charge in [0.15, 0.2) is 0 Å². The minimum Gasteiger partial charge on any atom is -0.345 e. The zero-order valence-corrected chi connectivity index (χ0v) is 18.2. The molecular formula is C23H30N2O3S. The van der Waals surface area contributed by atoms with E-state index in [0.717, 1.165) is 24.0 Å². The molecule has 1 N–H and O–H groups in total. The Morgan fingerprint density at radius 3 is 2.48 bits per heavy atom. The summed E-state index contributed by atoms with van der Waals surface area (Å²) in [6.45, 7) is 6.61. The molecule has 1 aliphatic heterocycles. The highest BCUT2D eigenvalue weighted by molar-refractivity contribution is 7.92. The molecule has 0 aliphatic carbocycles. The van der Waals surface area contributed by atoms with Gasteiger partial charge in [-0.15, -0.1) is 0 Å². The lowest BCUT2D eigenvalue weighted by Crippen LogP contribution is -2.38. The second-order valence-electron chi connectivity index (χ2n) is 8.16. The number of benzene rings is 2. The smallest absolute Gasteiger partial charge is 0.251 e. The van der Waals surface area contributed by atoms with Crippen molar-refractivity contribution in [3.63, 3.8) is 0 Å². The van der Waals surface area contributed by atoms with Crippen LogP contribution in [-0.4, -0.2) is 26.6 Å². The molecule has 0 saturated carbocycles. The fourth-order valence-electron chi connectivity index (χ4n) is 3.76. The van der Waals surface area contributed by atoms with E-state index in [1.807, 2.05) is 43.3 Å². The molecule has 5 nitrogen and oxygen atoms in total. The molecule has 0 unspecified atom stereocenters. The lowest BCUT2D eigenvalue weighted by Gasteiger charge is -2.30. The molecule has 1 atom stereocenters. The summed E-state index contributed by atoms with van der Waals surface area (Å²) >= 11 is 0. The van der Waals surface area contributed by atoms with Crippen LogP contribution in [0.2, 0.25) is 0 Å². The van der Waals surface area contributed by atoms with Gasteiger partial charge in [0.25, 0.3) is 5.91 Å². The maximum Gasteiger partial charge on any atom is 0.251 e. The Morgan fingerprint density at radius 2 is 1.83 bits per heavy atom. The first kappa shape index (κ1) is 21.4. The number of carbonyl (C=O) groups excluding carboxylic acids is 1. The van der Waals surface area contributed by atoms with Gasteiger partial charge in [0.1, 0.15) is 0 Å². The van der Waals surface area contributed by atoms with E-state index in [-0.39, 0.29) is 17.7 Å². The number of hydrogen-bond acceptors (Lipinski definition) is 3. The number of carbonyl (C=O) groups is 1. The van der Waals surface area contributed by atoms with Gasteiger partial charge in [-0.3, -0.25) is 9.10 Å². The summed E-state index contributed by atoms with van der Waals surface area (Å²) in [7, 11) is -3.32. The number of hydrogen-bond donors (Lipinski definition) is 1. The largest absolute Gasteiger partial charge is 0.345 e. The Kier molecular flexibility index (Phi) is 6.63. The number of nitrogens with zero attached hydrogens (tertiary/aromatic N) is 1. The maximum atomic E-state index is 13.0. The summed E-state index contributed by atoms with van der Waals surface area (Å²) in [5.74, 6) is 0.399. The van der Waals surface area contributed by atoms with Gasteiger partial charge in [-0.2, -0.15) is 0 Å². The number of anilines is 1. The Morgan fingerprint density at radius 1 is 1.10 bits per heavy atom. The van der Waals surface area contributed by atoms with Gasteiger partial charge in [-0.05, 0) is 55.4 Å². The van der Waals surface area contributed by atoms with E-state index in [0.29, 0.717) is 30.1 Å². The average Bonchev–Trinajstić information content (AvgIpc) is 2.68. The molecule has 0 aromatic heterocycles. The number of sulfonamides is 1. The first-order chi connectivity index (χ1) is 13.8. The Hall–Kier alpha value is -2.34. The number of aryl methyl sites for hydroxylation is 1. The van der Waals surface area contributed by atoms with Crippen molar-refractivity contribution in [2.75, 3.05) is 16.6 Å². The van der Waals surface area contributed by atoms with Crippen LogP contribution in [0, 0.1) is 12.8 Å². The van der Waals surface area contributed by atoms with E-state index in [2.05, 4.69) is 19.2 Å². The van der Waals surface area contributed by atoms with E-state index in [9.17, 15) is 13.2 Å². The topological polar surface area (TPSA) is 66.5 Å². The summed E-state index contributed by atoms with van der Waals surface area (Å²) < 4.78 is 26.5. The van der Waals surface area contributed by atoms with Gasteiger partial charge >= 0.3 is 0 Å². The summed E-state index contributed by atoms with van der Waals surface area (Å²) in [4.78, 5) is 13.0. The molecule has 156 valence electrons. The zero-order valence-electron chi connectivity index (χ0n) is 17.4. The van der Waals surface area contributed by atoms with Crippen molar-refractivity contribution < 1.29 is 13.2 Å². The van der Waals surface area contributed by atoms with Crippen molar-refractivity contribution in [2.24, 2.45) is 5.92 Å². The van der Waals surface area contributed by atoms with Crippen LogP contribution in [0.1, 0.15) is 60.6 Å². The first-order valence-corrected chi connectivity index (χ1v) is 11.9. The molecule has 2 aromatic rings. The average molecular weight is 415 g/mol. The van der Waals surface area contributed by atoms with Gasteiger partial charge in [0, 0.05) is 12.1 Å². The molecule has 0 radical (unpaired) electrons. The minimum absolute atomic E-state index is 0.0906. The van der Waals surface area contributed by atoms with E-state index in [4.69, 9.17) is 0 Å². The Balaban J connectivity index is 1.87. The minimum atomic E-state index is -3.32. The van der Waals surface area contributed by atoms with Crippen molar-refractivity contribution in [1.29, 1.82) is 0 Å². The van der Waals surface area contributed by atoms with Gasteiger partial charge in [-0.25, -0.2) is 8.42 Å². The number of nitrogens with one attached hydrogen (secondary N) is 1. The Labute approximate surface area is 174 Å². The van der Waals surface area contributed by atoms with Crippen molar-refractivity contribution in [2.45, 2.75) is 46.1 Å². The van der Waals surface area contributed by atoms with Crippen LogP contribution in [0.25, 0.3) is 0 Å². The lowest BCUT2D eigenvalue weighted by atomic mass is 9.96. The fourth-order valence-corrected chi connectivity index (χ4v) is 5.45. The van der Waals surface area contributed by atoms with Gasteiger partial charge in [-0.1, -0.05) is 50.2 Å². The van der Waals surface area contributed by atoms with E-state index < -0.39 is 10.0 Å². The molecule has 2 aromatic carbocycles. The normalized spacial score (nSPS) is 17.2. The molecule has 1 heterocycles. The second kappa shape index (κ2) is 8.99. The molecule has 1 saturated heterocycles. The third-order valence-corrected chi connectivity index (χ3v) is 7.16. The van der Waals surface area contributed by atoms with Gasteiger partial charge < -0.3 is 5.32 Å². The molecule has 0 spiro atoms. The molecule has 6 heteroatoms. The second-order valence-corrected chi connectivity index (χ2v) is 10.2. The predicted molar refractivity (Wildman–Crippen MR) is 118 cm³/mol. The molecule has 1 aliphatic rings.